The molecule has 19 heavy (non-hydrogen) atoms. The molecule has 0 fully saturated rings. The second kappa shape index (κ2) is 5.36. The van der Waals surface area contributed by atoms with E-state index in [4.69, 9.17) is 5.73 Å². The molecule has 0 aliphatic carbocycles. The molecule has 3 N–H and O–H groups in total. The molecule has 1 atom stereocenters. The van der Waals surface area contributed by atoms with Gasteiger partial charge in [-0.2, -0.15) is 4.68 Å². The Morgan fingerprint density at radius 1 is 1.32 bits per heavy atom. The molecule has 0 saturated carbocycles. The second-order valence-electron chi connectivity index (χ2n) is 5.15. The molecule has 0 aliphatic rings. The lowest BCUT2D eigenvalue weighted by Gasteiger charge is -2.33. The van der Waals surface area contributed by atoms with Gasteiger partial charge in [-0.05, 0) is 35.4 Å². The number of rotatable bonds is 5. The molecule has 0 aliphatic heterocycles. The summed E-state index contributed by atoms with van der Waals surface area (Å²) in [6, 6.07) is 9.77. The number of benzene rings is 1. The van der Waals surface area contributed by atoms with Crippen molar-refractivity contribution in [2.75, 3.05) is 11.9 Å². The van der Waals surface area contributed by atoms with Gasteiger partial charge >= 0.3 is 0 Å². The Morgan fingerprint density at radius 2 is 2.00 bits per heavy atom. The van der Waals surface area contributed by atoms with Gasteiger partial charge in [0.25, 0.3) is 0 Å². The van der Waals surface area contributed by atoms with Crippen molar-refractivity contribution < 1.29 is 0 Å². The van der Waals surface area contributed by atoms with Crippen LogP contribution in [0.1, 0.15) is 20.8 Å². The number of anilines is 1. The van der Waals surface area contributed by atoms with Gasteiger partial charge in [0, 0.05) is 6.54 Å². The average molecular weight is 260 g/mol. The van der Waals surface area contributed by atoms with E-state index in [9.17, 15) is 0 Å². The third-order valence-electron chi connectivity index (χ3n) is 3.57. The number of nitrogens with two attached hydrogens (primary N) is 1. The van der Waals surface area contributed by atoms with E-state index in [1.807, 2.05) is 30.3 Å². The maximum Gasteiger partial charge on any atom is 0.248 e. The molecular weight excluding hydrogens is 240 g/mol. The molecule has 2 aromatic rings. The van der Waals surface area contributed by atoms with Gasteiger partial charge in [-0.3, -0.25) is 0 Å². The largest absolute Gasteiger partial charge is 0.346 e. The predicted octanol–water partition coefficient (Wildman–Crippen LogP) is 1.45. The zero-order chi connectivity index (χ0) is 13.9. The highest BCUT2D eigenvalue weighted by molar-refractivity contribution is 5.40. The third-order valence-corrected chi connectivity index (χ3v) is 3.57. The minimum absolute atomic E-state index is 0.249. The number of nitrogens with one attached hydrogen (secondary N) is 1. The van der Waals surface area contributed by atoms with E-state index in [0.29, 0.717) is 18.4 Å². The zero-order valence-electron chi connectivity index (χ0n) is 11.5. The Bertz CT molecular complexity index is 521. The van der Waals surface area contributed by atoms with Crippen molar-refractivity contribution in [2.24, 2.45) is 11.7 Å². The van der Waals surface area contributed by atoms with Crippen molar-refractivity contribution in [1.29, 1.82) is 0 Å². The van der Waals surface area contributed by atoms with Crippen LogP contribution < -0.4 is 11.1 Å². The lowest BCUT2D eigenvalue weighted by atomic mass is 9.89. The van der Waals surface area contributed by atoms with E-state index in [1.165, 1.54) is 0 Å². The van der Waals surface area contributed by atoms with Crippen LogP contribution in [-0.2, 0) is 0 Å². The van der Waals surface area contributed by atoms with Crippen LogP contribution in [-0.4, -0.2) is 32.3 Å². The maximum absolute atomic E-state index is 5.87. The van der Waals surface area contributed by atoms with E-state index in [0.717, 1.165) is 5.69 Å². The number of para-hydroxylation sites is 1. The highest BCUT2D eigenvalue weighted by Gasteiger charge is 2.28. The Kier molecular flexibility index (Phi) is 3.80. The van der Waals surface area contributed by atoms with Crippen molar-refractivity contribution in [1.82, 2.24) is 20.2 Å². The third kappa shape index (κ3) is 2.73. The van der Waals surface area contributed by atoms with Crippen molar-refractivity contribution in [3.8, 4) is 5.69 Å². The summed E-state index contributed by atoms with van der Waals surface area (Å²) in [6.07, 6.45) is 0. The van der Waals surface area contributed by atoms with Crippen LogP contribution in [0.3, 0.4) is 0 Å². The van der Waals surface area contributed by atoms with Crippen LogP contribution in [0, 0.1) is 5.92 Å². The highest BCUT2D eigenvalue weighted by atomic mass is 15.6. The van der Waals surface area contributed by atoms with E-state index < -0.39 is 0 Å². The normalized spacial score (nSPS) is 14.4. The lowest BCUT2D eigenvalue weighted by molar-refractivity contribution is 0.379. The van der Waals surface area contributed by atoms with Gasteiger partial charge in [0.2, 0.25) is 5.95 Å². The molecular formula is C13H20N6. The molecule has 102 valence electrons. The van der Waals surface area contributed by atoms with E-state index in [1.54, 1.807) is 4.68 Å². The van der Waals surface area contributed by atoms with Crippen molar-refractivity contribution in [2.45, 2.75) is 26.3 Å². The van der Waals surface area contributed by atoms with Gasteiger partial charge in [0.15, 0.2) is 0 Å². The van der Waals surface area contributed by atoms with Crippen LogP contribution in [0.25, 0.3) is 5.69 Å². The molecule has 0 saturated heterocycles. The molecule has 1 unspecified atom stereocenters. The minimum Gasteiger partial charge on any atom is -0.346 e. The number of aromatic nitrogens is 4. The minimum atomic E-state index is -0.249. The molecule has 0 spiro atoms. The van der Waals surface area contributed by atoms with Crippen molar-refractivity contribution in [3.63, 3.8) is 0 Å². The van der Waals surface area contributed by atoms with E-state index in [-0.39, 0.29) is 5.54 Å². The number of nitrogens with zero attached hydrogens (tertiary/aromatic N) is 4. The van der Waals surface area contributed by atoms with Crippen LogP contribution in [0.4, 0.5) is 5.95 Å². The van der Waals surface area contributed by atoms with Crippen molar-refractivity contribution >= 4 is 5.95 Å². The fourth-order valence-corrected chi connectivity index (χ4v) is 1.69. The van der Waals surface area contributed by atoms with Gasteiger partial charge in [-0.25, -0.2) is 0 Å². The van der Waals surface area contributed by atoms with Gasteiger partial charge in [0.1, 0.15) is 0 Å². The predicted molar refractivity (Wildman–Crippen MR) is 75.1 cm³/mol. The summed E-state index contributed by atoms with van der Waals surface area (Å²) in [5.41, 5.74) is 6.54. The number of tetrazole rings is 1. The second-order valence-corrected chi connectivity index (χ2v) is 5.15. The van der Waals surface area contributed by atoms with Gasteiger partial charge < -0.3 is 11.1 Å². The summed E-state index contributed by atoms with van der Waals surface area (Å²) < 4.78 is 1.68. The molecule has 1 heterocycles. The first-order chi connectivity index (χ1) is 9.07. The van der Waals surface area contributed by atoms with Gasteiger partial charge in [0.05, 0.1) is 11.2 Å². The Morgan fingerprint density at radius 3 is 2.58 bits per heavy atom. The summed E-state index contributed by atoms with van der Waals surface area (Å²) in [5.74, 6) is 0.964. The first kappa shape index (κ1) is 13.5. The summed E-state index contributed by atoms with van der Waals surface area (Å²) >= 11 is 0. The Balaban J connectivity index is 2.31. The highest BCUT2D eigenvalue weighted by Crippen LogP contribution is 2.21. The number of hydrogen-bond donors (Lipinski definition) is 2. The summed E-state index contributed by atoms with van der Waals surface area (Å²) in [5, 5.41) is 15.1. The van der Waals surface area contributed by atoms with E-state index in [2.05, 4.69) is 41.6 Å². The molecule has 1 aromatic carbocycles. The van der Waals surface area contributed by atoms with E-state index >= 15 is 0 Å². The SMILES string of the molecule is CC(C)C(C)(CN)Nc1nnnn1-c1ccccc1. The fraction of sp³-hybridized carbons (Fsp3) is 0.462. The average Bonchev–Trinajstić information content (AvgIpc) is 2.87. The molecule has 0 radical (unpaired) electrons. The van der Waals surface area contributed by atoms with Crippen LogP contribution in [0.2, 0.25) is 0 Å². The first-order valence-electron chi connectivity index (χ1n) is 6.39. The molecule has 0 bridgehead atoms. The fourth-order valence-electron chi connectivity index (χ4n) is 1.69. The maximum atomic E-state index is 5.87. The van der Waals surface area contributed by atoms with Crippen molar-refractivity contribution in [3.05, 3.63) is 30.3 Å². The Labute approximate surface area is 113 Å². The monoisotopic (exact) mass is 260 g/mol. The van der Waals surface area contributed by atoms with Crippen LogP contribution in [0.5, 0.6) is 0 Å². The molecule has 0 amide bonds. The summed E-state index contributed by atoms with van der Waals surface area (Å²) in [4.78, 5) is 0. The zero-order valence-corrected chi connectivity index (χ0v) is 11.5. The number of hydrogen-bond acceptors (Lipinski definition) is 5. The Hall–Kier alpha value is -1.95. The molecule has 6 heteroatoms. The molecule has 1 aromatic heterocycles. The molecule has 6 nitrogen and oxygen atoms in total. The smallest absolute Gasteiger partial charge is 0.248 e. The molecule has 2 rings (SSSR count). The van der Waals surface area contributed by atoms with Gasteiger partial charge in [-0.1, -0.05) is 37.1 Å². The summed E-state index contributed by atoms with van der Waals surface area (Å²) in [7, 11) is 0. The lowest BCUT2D eigenvalue weighted by Crippen LogP contribution is -2.47. The van der Waals surface area contributed by atoms with Crippen LogP contribution in [0.15, 0.2) is 30.3 Å². The topological polar surface area (TPSA) is 81.7 Å². The quantitative estimate of drug-likeness (QED) is 0.850. The van der Waals surface area contributed by atoms with Gasteiger partial charge in [-0.15, -0.1) is 0 Å². The summed E-state index contributed by atoms with van der Waals surface area (Å²) in [6.45, 7) is 6.82. The standard InChI is InChI=1S/C13H20N6/c1-10(2)13(3,9-14)15-12-16-17-18-19(12)11-7-5-4-6-8-11/h4-8,10H,9,14H2,1-3H3,(H,15,16,18). The first-order valence-corrected chi connectivity index (χ1v) is 6.39. The van der Waals surface area contributed by atoms with Crippen LogP contribution >= 0.6 is 0 Å².